The number of rotatable bonds is 1. The lowest BCUT2D eigenvalue weighted by Gasteiger charge is -1.99. The molecule has 3 aromatic heterocycles. The molecule has 0 radical (unpaired) electrons. The number of nitrogens with zero attached hydrogens (tertiary/aromatic N) is 5. The van der Waals surface area contributed by atoms with Gasteiger partial charge in [0.15, 0.2) is 0 Å². The molecular formula is C10H7N5. The van der Waals surface area contributed by atoms with Gasteiger partial charge in [0.1, 0.15) is 6.33 Å². The van der Waals surface area contributed by atoms with Crippen molar-refractivity contribution in [3.8, 4) is 11.3 Å². The predicted molar refractivity (Wildman–Crippen MR) is 54.0 cm³/mol. The van der Waals surface area contributed by atoms with Crippen LogP contribution in [-0.4, -0.2) is 24.6 Å². The molecule has 72 valence electrons. The molecule has 0 aliphatic rings. The van der Waals surface area contributed by atoms with E-state index in [0.717, 1.165) is 11.3 Å². The van der Waals surface area contributed by atoms with Gasteiger partial charge < -0.3 is 0 Å². The highest BCUT2D eigenvalue weighted by molar-refractivity contribution is 5.59. The smallest absolute Gasteiger partial charge is 0.252 e. The van der Waals surface area contributed by atoms with Gasteiger partial charge in [-0.15, -0.1) is 0 Å². The molecule has 5 nitrogen and oxygen atoms in total. The fourth-order valence-electron chi connectivity index (χ4n) is 1.40. The molecule has 0 fully saturated rings. The second-order valence-corrected chi connectivity index (χ2v) is 3.05. The predicted octanol–water partition coefficient (Wildman–Crippen LogP) is 1.19. The largest absolute Gasteiger partial charge is 0.265 e. The number of hydrogen-bond acceptors (Lipinski definition) is 4. The summed E-state index contributed by atoms with van der Waals surface area (Å²) in [5.41, 5.74) is 1.90. The summed E-state index contributed by atoms with van der Waals surface area (Å²) in [5, 5.41) is 3.98. The number of hydrogen-bond donors (Lipinski definition) is 0. The maximum absolute atomic E-state index is 4.37. The number of aromatic nitrogens is 5. The standard InChI is InChI=1S/C10H7N5/c1-4-11-5-2-8(1)9-3-6-15-10(14-9)12-7-13-15/h1-7H. The Balaban J connectivity index is 2.19. The van der Waals surface area contributed by atoms with Gasteiger partial charge in [-0.3, -0.25) is 4.98 Å². The van der Waals surface area contributed by atoms with E-state index in [0.29, 0.717) is 5.78 Å². The highest BCUT2D eigenvalue weighted by atomic mass is 15.3. The van der Waals surface area contributed by atoms with Crippen LogP contribution in [0.2, 0.25) is 0 Å². The topological polar surface area (TPSA) is 56.0 Å². The first kappa shape index (κ1) is 8.05. The Labute approximate surface area is 85.5 Å². The van der Waals surface area contributed by atoms with Crippen LogP contribution < -0.4 is 0 Å². The summed E-state index contributed by atoms with van der Waals surface area (Å²) in [6.07, 6.45) is 6.81. The van der Waals surface area contributed by atoms with Gasteiger partial charge in [0.2, 0.25) is 0 Å². The summed E-state index contributed by atoms with van der Waals surface area (Å²) in [5.74, 6) is 0.601. The van der Waals surface area contributed by atoms with Crippen LogP contribution in [0.4, 0.5) is 0 Å². The first-order valence-corrected chi connectivity index (χ1v) is 4.50. The van der Waals surface area contributed by atoms with Gasteiger partial charge >= 0.3 is 0 Å². The zero-order valence-electron chi connectivity index (χ0n) is 7.78. The molecular weight excluding hydrogens is 190 g/mol. The quantitative estimate of drug-likeness (QED) is 0.588. The lowest BCUT2D eigenvalue weighted by molar-refractivity contribution is 0.940. The Morgan fingerprint density at radius 1 is 1.07 bits per heavy atom. The van der Waals surface area contributed by atoms with E-state index < -0.39 is 0 Å². The lowest BCUT2D eigenvalue weighted by Crippen LogP contribution is -1.92. The molecule has 0 saturated heterocycles. The van der Waals surface area contributed by atoms with Crippen molar-refractivity contribution in [2.24, 2.45) is 0 Å². The van der Waals surface area contributed by atoms with Gasteiger partial charge in [0, 0.05) is 24.2 Å². The average Bonchev–Trinajstić information content (AvgIpc) is 2.77. The van der Waals surface area contributed by atoms with Crippen molar-refractivity contribution in [2.75, 3.05) is 0 Å². The van der Waals surface area contributed by atoms with Crippen molar-refractivity contribution in [1.82, 2.24) is 24.6 Å². The molecule has 0 unspecified atom stereocenters. The monoisotopic (exact) mass is 197 g/mol. The van der Waals surface area contributed by atoms with Crippen LogP contribution in [-0.2, 0) is 0 Å². The molecule has 0 N–H and O–H groups in total. The molecule has 3 rings (SSSR count). The lowest BCUT2D eigenvalue weighted by atomic mass is 10.2. The van der Waals surface area contributed by atoms with E-state index in [4.69, 9.17) is 0 Å². The summed E-state index contributed by atoms with van der Waals surface area (Å²) in [6, 6.07) is 5.72. The molecule has 15 heavy (non-hydrogen) atoms. The Bertz CT molecular complexity index is 587. The summed E-state index contributed by atoms with van der Waals surface area (Å²) >= 11 is 0. The Hall–Kier alpha value is -2.30. The number of fused-ring (bicyclic) bond motifs is 1. The fraction of sp³-hybridized carbons (Fsp3) is 0. The molecule has 0 amide bonds. The van der Waals surface area contributed by atoms with Gasteiger partial charge in [0.05, 0.1) is 5.69 Å². The highest BCUT2D eigenvalue weighted by Crippen LogP contribution is 2.14. The van der Waals surface area contributed by atoms with Gasteiger partial charge in [0.25, 0.3) is 5.78 Å². The fourth-order valence-corrected chi connectivity index (χ4v) is 1.40. The zero-order valence-corrected chi connectivity index (χ0v) is 7.78. The van der Waals surface area contributed by atoms with E-state index in [1.54, 1.807) is 16.9 Å². The zero-order chi connectivity index (χ0) is 10.1. The van der Waals surface area contributed by atoms with E-state index in [2.05, 4.69) is 20.1 Å². The molecule has 0 bridgehead atoms. The SMILES string of the molecule is c1cc(-c2ccn3ncnc3n2)ccn1. The van der Waals surface area contributed by atoms with Gasteiger partial charge in [-0.25, -0.2) is 9.50 Å². The van der Waals surface area contributed by atoms with Crippen molar-refractivity contribution in [1.29, 1.82) is 0 Å². The third-order valence-corrected chi connectivity index (χ3v) is 2.12. The minimum Gasteiger partial charge on any atom is -0.265 e. The first-order chi connectivity index (χ1) is 7.43. The third kappa shape index (κ3) is 1.34. The van der Waals surface area contributed by atoms with Crippen molar-refractivity contribution in [3.05, 3.63) is 43.1 Å². The van der Waals surface area contributed by atoms with Crippen LogP contribution in [0.1, 0.15) is 0 Å². The van der Waals surface area contributed by atoms with Crippen molar-refractivity contribution in [2.45, 2.75) is 0 Å². The van der Waals surface area contributed by atoms with E-state index >= 15 is 0 Å². The molecule has 0 spiro atoms. The minimum atomic E-state index is 0.601. The third-order valence-electron chi connectivity index (χ3n) is 2.12. The van der Waals surface area contributed by atoms with E-state index in [1.807, 2.05) is 24.4 Å². The maximum atomic E-state index is 4.37. The van der Waals surface area contributed by atoms with Crippen LogP contribution in [0.15, 0.2) is 43.1 Å². The van der Waals surface area contributed by atoms with Gasteiger partial charge in [-0.05, 0) is 18.2 Å². The van der Waals surface area contributed by atoms with Crippen LogP contribution in [0, 0.1) is 0 Å². The highest BCUT2D eigenvalue weighted by Gasteiger charge is 2.01. The minimum absolute atomic E-state index is 0.601. The maximum Gasteiger partial charge on any atom is 0.252 e. The molecule has 0 atom stereocenters. The van der Waals surface area contributed by atoms with E-state index in [1.165, 1.54) is 6.33 Å². The van der Waals surface area contributed by atoms with Crippen LogP contribution >= 0.6 is 0 Å². The molecule has 3 heterocycles. The second-order valence-electron chi connectivity index (χ2n) is 3.05. The van der Waals surface area contributed by atoms with Crippen LogP contribution in [0.5, 0.6) is 0 Å². The summed E-state index contributed by atoms with van der Waals surface area (Å²) in [4.78, 5) is 12.4. The molecule has 0 aromatic carbocycles. The van der Waals surface area contributed by atoms with Crippen LogP contribution in [0.3, 0.4) is 0 Å². The average molecular weight is 197 g/mol. The number of pyridine rings is 1. The van der Waals surface area contributed by atoms with Gasteiger partial charge in [-0.1, -0.05) is 0 Å². The molecule has 5 heteroatoms. The van der Waals surface area contributed by atoms with Crippen LogP contribution in [0.25, 0.3) is 17.0 Å². The molecule has 0 aliphatic carbocycles. The summed E-state index contributed by atoms with van der Waals surface area (Å²) in [7, 11) is 0. The Morgan fingerprint density at radius 2 is 1.93 bits per heavy atom. The second kappa shape index (κ2) is 3.13. The van der Waals surface area contributed by atoms with Crippen molar-refractivity contribution < 1.29 is 0 Å². The molecule has 3 aromatic rings. The first-order valence-electron chi connectivity index (χ1n) is 4.50. The van der Waals surface area contributed by atoms with E-state index in [-0.39, 0.29) is 0 Å². The normalized spacial score (nSPS) is 10.7. The molecule has 0 saturated carbocycles. The van der Waals surface area contributed by atoms with Crippen molar-refractivity contribution >= 4 is 5.78 Å². The Morgan fingerprint density at radius 3 is 2.80 bits per heavy atom. The Kier molecular flexibility index (Phi) is 1.68. The van der Waals surface area contributed by atoms with E-state index in [9.17, 15) is 0 Å². The summed E-state index contributed by atoms with van der Waals surface area (Å²) in [6.45, 7) is 0. The molecule has 0 aliphatic heterocycles. The summed E-state index contributed by atoms with van der Waals surface area (Å²) < 4.78 is 1.63. The van der Waals surface area contributed by atoms with Gasteiger partial charge in [-0.2, -0.15) is 10.1 Å². The van der Waals surface area contributed by atoms with Crippen molar-refractivity contribution in [3.63, 3.8) is 0 Å².